The highest BCUT2D eigenvalue weighted by Crippen LogP contribution is 2.25. The predicted molar refractivity (Wildman–Crippen MR) is 90.6 cm³/mol. The van der Waals surface area contributed by atoms with Crippen molar-refractivity contribution < 1.29 is 14.3 Å². The number of aryl methyl sites for hydroxylation is 1. The Morgan fingerprint density at radius 1 is 1.38 bits per heavy atom. The third-order valence-electron chi connectivity index (χ3n) is 3.65. The number of pyridine rings is 2. The Morgan fingerprint density at radius 2 is 2.17 bits per heavy atom. The second-order valence-electron chi connectivity index (χ2n) is 5.56. The minimum Gasteiger partial charge on any atom is -0.473 e. The lowest BCUT2D eigenvalue weighted by Crippen LogP contribution is -2.26. The topological polar surface area (TPSA) is 73.3 Å². The molecule has 0 radical (unpaired) electrons. The van der Waals surface area contributed by atoms with Crippen LogP contribution in [0.25, 0.3) is 0 Å². The van der Waals surface area contributed by atoms with Gasteiger partial charge in [-0.05, 0) is 25.1 Å². The molecule has 2 aromatic heterocycles. The van der Waals surface area contributed by atoms with Crippen molar-refractivity contribution in [2.45, 2.75) is 25.9 Å². The maximum Gasteiger partial charge on any atom is 0.258 e. The quantitative estimate of drug-likeness (QED) is 0.919. The number of carbonyl (C=O) groups is 1. The summed E-state index contributed by atoms with van der Waals surface area (Å²) >= 11 is 6.21. The van der Waals surface area contributed by atoms with Crippen molar-refractivity contribution in [3.63, 3.8) is 0 Å². The van der Waals surface area contributed by atoms with Crippen LogP contribution in [0.2, 0.25) is 5.02 Å². The first-order chi connectivity index (χ1) is 11.6. The Hall–Kier alpha value is -2.18. The first kappa shape index (κ1) is 16.7. The number of halogens is 1. The van der Waals surface area contributed by atoms with Gasteiger partial charge in [0.25, 0.3) is 5.91 Å². The van der Waals surface area contributed by atoms with Gasteiger partial charge in [0.1, 0.15) is 16.9 Å². The summed E-state index contributed by atoms with van der Waals surface area (Å²) < 4.78 is 11.1. The SMILES string of the molecule is Cc1cccc(NC(=O)c2cnc(OC3CCOCC3)c(Cl)c2)n1. The molecule has 6 nitrogen and oxygen atoms in total. The van der Waals surface area contributed by atoms with Crippen LogP contribution < -0.4 is 10.1 Å². The van der Waals surface area contributed by atoms with Crippen LogP contribution in [0.1, 0.15) is 28.9 Å². The van der Waals surface area contributed by atoms with E-state index in [4.69, 9.17) is 21.1 Å². The van der Waals surface area contributed by atoms with E-state index in [-0.39, 0.29) is 12.0 Å². The maximum absolute atomic E-state index is 12.3. The summed E-state index contributed by atoms with van der Waals surface area (Å²) in [6.45, 7) is 3.20. The number of nitrogens with zero attached hydrogens (tertiary/aromatic N) is 2. The molecule has 24 heavy (non-hydrogen) atoms. The van der Waals surface area contributed by atoms with E-state index in [1.807, 2.05) is 19.1 Å². The van der Waals surface area contributed by atoms with Crippen LogP contribution >= 0.6 is 11.6 Å². The fraction of sp³-hybridized carbons (Fsp3) is 0.353. The zero-order valence-corrected chi connectivity index (χ0v) is 14.0. The lowest BCUT2D eigenvalue weighted by molar-refractivity contribution is 0.0238. The molecule has 3 rings (SSSR count). The molecule has 1 fully saturated rings. The van der Waals surface area contributed by atoms with Gasteiger partial charge in [-0.15, -0.1) is 0 Å². The molecule has 0 atom stereocenters. The summed E-state index contributed by atoms with van der Waals surface area (Å²) in [4.78, 5) is 20.7. The molecule has 1 N–H and O–H groups in total. The number of aromatic nitrogens is 2. The molecule has 0 bridgehead atoms. The van der Waals surface area contributed by atoms with Crippen LogP contribution in [-0.2, 0) is 4.74 Å². The molecule has 0 spiro atoms. The zero-order valence-electron chi connectivity index (χ0n) is 13.3. The number of hydrogen-bond donors (Lipinski definition) is 1. The van der Waals surface area contributed by atoms with Gasteiger partial charge in [-0.3, -0.25) is 4.79 Å². The molecular formula is C17H18ClN3O3. The normalized spacial score (nSPS) is 15.1. The van der Waals surface area contributed by atoms with Gasteiger partial charge in [0.05, 0.1) is 18.8 Å². The Labute approximate surface area is 145 Å². The Bertz CT molecular complexity index is 733. The summed E-state index contributed by atoms with van der Waals surface area (Å²) in [6.07, 6.45) is 3.10. The van der Waals surface area contributed by atoms with Crippen molar-refractivity contribution in [2.24, 2.45) is 0 Å². The van der Waals surface area contributed by atoms with Gasteiger partial charge in [-0.2, -0.15) is 0 Å². The average Bonchev–Trinajstić information content (AvgIpc) is 2.57. The van der Waals surface area contributed by atoms with Gasteiger partial charge in [-0.1, -0.05) is 17.7 Å². The third-order valence-corrected chi connectivity index (χ3v) is 3.92. The van der Waals surface area contributed by atoms with Crippen molar-refractivity contribution in [2.75, 3.05) is 18.5 Å². The fourth-order valence-corrected chi connectivity index (χ4v) is 2.60. The summed E-state index contributed by atoms with van der Waals surface area (Å²) in [5.41, 5.74) is 1.17. The third kappa shape index (κ3) is 4.21. The number of rotatable bonds is 4. The molecule has 0 unspecified atom stereocenters. The second-order valence-corrected chi connectivity index (χ2v) is 5.97. The molecular weight excluding hydrogens is 330 g/mol. The smallest absolute Gasteiger partial charge is 0.258 e. The van der Waals surface area contributed by atoms with Crippen molar-refractivity contribution in [3.05, 3.63) is 46.7 Å². The van der Waals surface area contributed by atoms with Crippen molar-refractivity contribution >= 4 is 23.3 Å². The van der Waals surface area contributed by atoms with Crippen LogP contribution in [0.5, 0.6) is 5.88 Å². The standard InChI is InChI=1S/C17H18ClN3O3/c1-11-3-2-4-15(20-11)21-16(22)12-9-14(18)17(19-10-12)24-13-5-7-23-8-6-13/h2-4,9-10,13H,5-8H2,1H3,(H,20,21,22). The van der Waals surface area contributed by atoms with Crippen molar-refractivity contribution in [3.8, 4) is 5.88 Å². The van der Waals surface area contributed by atoms with Crippen molar-refractivity contribution in [1.29, 1.82) is 0 Å². The van der Waals surface area contributed by atoms with Gasteiger partial charge in [0, 0.05) is 24.7 Å². The van der Waals surface area contributed by atoms with Gasteiger partial charge < -0.3 is 14.8 Å². The fourth-order valence-electron chi connectivity index (χ4n) is 2.39. The highest BCUT2D eigenvalue weighted by molar-refractivity contribution is 6.32. The molecule has 1 saturated heterocycles. The number of amides is 1. The number of nitrogens with one attached hydrogen (secondary N) is 1. The minimum absolute atomic E-state index is 0.0416. The number of carbonyl (C=O) groups excluding carboxylic acids is 1. The van der Waals surface area contributed by atoms with E-state index in [2.05, 4.69) is 15.3 Å². The van der Waals surface area contributed by atoms with Gasteiger partial charge in [0.15, 0.2) is 0 Å². The maximum atomic E-state index is 12.3. The van der Waals surface area contributed by atoms with Gasteiger partial charge in [-0.25, -0.2) is 9.97 Å². The molecule has 2 aromatic rings. The van der Waals surface area contributed by atoms with E-state index in [1.165, 1.54) is 6.20 Å². The molecule has 0 aromatic carbocycles. The first-order valence-corrected chi connectivity index (χ1v) is 8.14. The van der Waals surface area contributed by atoms with E-state index < -0.39 is 0 Å². The second kappa shape index (κ2) is 7.59. The zero-order chi connectivity index (χ0) is 16.9. The van der Waals surface area contributed by atoms with E-state index in [0.717, 1.165) is 18.5 Å². The molecule has 1 amide bonds. The van der Waals surface area contributed by atoms with Crippen LogP contribution in [0.15, 0.2) is 30.5 Å². The van der Waals surface area contributed by atoms with Gasteiger partial charge in [0.2, 0.25) is 5.88 Å². The number of hydrogen-bond acceptors (Lipinski definition) is 5. The largest absolute Gasteiger partial charge is 0.473 e. The van der Waals surface area contributed by atoms with Gasteiger partial charge >= 0.3 is 0 Å². The average molecular weight is 348 g/mol. The Morgan fingerprint density at radius 3 is 2.88 bits per heavy atom. The molecule has 0 saturated carbocycles. The van der Waals surface area contributed by atoms with Crippen LogP contribution in [0.3, 0.4) is 0 Å². The van der Waals surface area contributed by atoms with Crippen LogP contribution in [-0.4, -0.2) is 35.2 Å². The van der Waals surface area contributed by atoms with E-state index in [1.54, 1.807) is 12.1 Å². The highest BCUT2D eigenvalue weighted by Gasteiger charge is 2.18. The summed E-state index contributed by atoms with van der Waals surface area (Å²) in [6, 6.07) is 6.96. The number of anilines is 1. The minimum atomic E-state index is -0.319. The summed E-state index contributed by atoms with van der Waals surface area (Å²) in [5, 5.41) is 3.03. The van der Waals surface area contributed by atoms with E-state index in [0.29, 0.717) is 35.5 Å². The molecule has 7 heteroatoms. The molecule has 1 aliphatic rings. The predicted octanol–water partition coefficient (Wildman–Crippen LogP) is 3.25. The molecule has 126 valence electrons. The summed E-state index contributed by atoms with van der Waals surface area (Å²) in [5.74, 6) is 0.507. The number of ether oxygens (including phenoxy) is 2. The monoisotopic (exact) mass is 347 g/mol. The Kier molecular flexibility index (Phi) is 5.27. The molecule has 0 aliphatic carbocycles. The Balaban J connectivity index is 1.68. The van der Waals surface area contributed by atoms with E-state index >= 15 is 0 Å². The summed E-state index contributed by atoms with van der Waals surface area (Å²) in [7, 11) is 0. The van der Waals surface area contributed by atoms with Crippen LogP contribution in [0, 0.1) is 6.92 Å². The first-order valence-electron chi connectivity index (χ1n) is 7.77. The van der Waals surface area contributed by atoms with E-state index in [9.17, 15) is 4.79 Å². The molecule has 3 heterocycles. The van der Waals surface area contributed by atoms with Crippen LogP contribution in [0.4, 0.5) is 5.82 Å². The van der Waals surface area contributed by atoms with Crippen molar-refractivity contribution in [1.82, 2.24) is 9.97 Å². The molecule has 1 aliphatic heterocycles. The highest BCUT2D eigenvalue weighted by atomic mass is 35.5. The lowest BCUT2D eigenvalue weighted by Gasteiger charge is -2.23. The lowest BCUT2D eigenvalue weighted by atomic mass is 10.1.